The van der Waals surface area contributed by atoms with Gasteiger partial charge in [0.05, 0.1) is 11.1 Å². The zero-order valence-electron chi connectivity index (χ0n) is 9.03. The van der Waals surface area contributed by atoms with Gasteiger partial charge in [0.15, 0.2) is 6.29 Å². The van der Waals surface area contributed by atoms with Gasteiger partial charge in [-0.25, -0.2) is 9.97 Å². The minimum Gasteiger partial charge on any atom is -0.345 e. The molecule has 0 spiro atoms. The SMILES string of the molecule is CC(C)(C)c1ncnc2[nH]cc(C=O)c12. The summed E-state index contributed by atoms with van der Waals surface area (Å²) < 4.78 is 0. The van der Waals surface area contributed by atoms with E-state index in [1.807, 2.05) is 0 Å². The number of aromatic nitrogens is 3. The van der Waals surface area contributed by atoms with Crippen molar-refractivity contribution in [3.63, 3.8) is 0 Å². The number of hydrogen-bond donors (Lipinski definition) is 1. The highest BCUT2D eigenvalue weighted by Crippen LogP contribution is 2.28. The maximum absolute atomic E-state index is 10.9. The van der Waals surface area contributed by atoms with Crippen LogP contribution in [0.25, 0.3) is 11.0 Å². The molecule has 0 aliphatic carbocycles. The highest BCUT2D eigenvalue weighted by molar-refractivity contribution is 5.97. The molecule has 2 aromatic heterocycles. The van der Waals surface area contributed by atoms with Crippen LogP contribution in [0.4, 0.5) is 0 Å². The Morgan fingerprint density at radius 3 is 2.67 bits per heavy atom. The molecule has 0 amide bonds. The van der Waals surface area contributed by atoms with Gasteiger partial charge in [-0.2, -0.15) is 0 Å². The lowest BCUT2D eigenvalue weighted by atomic mass is 9.89. The van der Waals surface area contributed by atoms with Gasteiger partial charge in [-0.15, -0.1) is 0 Å². The van der Waals surface area contributed by atoms with Crippen molar-refractivity contribution in [1.29, 1.82) is 0 Å². The van der Waals surface area contributed by atoms with Gasteiger partial charge < -0.3 is 4.98 Å². The number of rotatable bonds is 1. The predicted molar refractivity (Wildman–Crippen MR) is 58.0 cm³/mol. The van der Waals surface area contributed by atoms with Crippen molar-refractivity contribution in [1.82, 2.24) is 15.0 Å². The Bertz CT molecular complexity index is 508. The second-order valence-electron chi connectivity index (χ2n) is 4.56. The fraction of sp³-hybridized carbons (Fsp3) is 0.364. The maximum Gasteiger partial charge on any atom is 0.152 e. The molecule has 0 aromatic carbocycles. The minimum absolute atomic E-state index is 0.0961. The van der Waals surface area contributed by atoms with Crippen LogP contribution in [-0.2, 0) is 5.41 Å². The second kappa shape index (κ2) is 3.15. The van der Waals surface area contributed by atoms with Crippen LogP contribution < -0.4 is 0 Å². The third-order valence-corrected chi connectivity index (χ3v) is 2.34. The molecule has 2 heterocycles. The average molecular weight is 203 g/mol. The molecule has 0 aliphatic rings. The Morgan fingerprint density at radius 2 is 2.07 bits per heavy atom. The highest BCUT2D eigenvalue weighted by Gasteiger charge is 2.21. The lowest BCUT2D eigenvalue weighted by Crippen LogP contribution is -2.14. The third-order valence-electron chi connectivity index (χ3n) is 2.34. The molecule has 0 saturated carbocycles. The molecule has 2 rings (SSSR count). The van der Waals surface area contributed by atoms with E-state index in [-0.39, 0.29) is 5.41 Å². The molecule has 4 heteroatoms. The summed E-state index contributed by atoms with van der Waals surface area (Å²) in [5, 5.41) is 0.833. The molecule has 0 radical (unpaired) electrons. The van der Waals surface area contributed by atoms with Gasteiger partial charge in [0, 0.05) is 17.2 Å². The summed E-state index contributed by atoms with van der Waals surface area (Å²) in [5.41, 5.74) is 2.14. The van der Waals surface area contributed by atoms with Crippen molar-refractivity contribution < 1.29 is 4.79 Å². The maximum atomic E-state index is 10.9. The van der Waals surface area contributed by atoms with Crippen molar-refractivity contribution in [2.24, 2.45) is 0 Å². The zero-order chi connectivity index (χ0) is 11.1. The van der Waals surface area contributed by atoms with E-state index in [1.165, 1.54) is 6.33 Å². The Kier molecular flexibility index (Phi) is 2.07. The Balaban J connectivity index is 2.84. The number of fused-ring (bicyclic) bond motifs is 1. The fourth-order valence-corrected chi connectivity index (χ4v) is 1.65. The molecule has 0 saturated heterocycles. The minimum atomic E-state index is -0.0961. The standard InChI is InChI=1S/C11H13N3O/c1-11(2,3)9-8-7(5-15)4-12-10(8)14-6-13-9/h4-6H,1-3H3,(H,12,13,14). The number of hydrogen-bond acceptors (Lipinski definition) is 3. The number of aromatic amines is 1. The smallest absolute Gasteiger partial charge is 0.152 e. The van der Waals surface area contributed by atoms with Crippen LogP contribution >= 0.6 is 0 Å². The van der Waals surface area contributed by atoms with Crippen molar-refractivity contribution in [3.8, 4) is 0 Å². The zero-order valence-corrected chi connectivity index (χ0v) is 9.03. The van der Waals surface area contributed by atoms with Gasteiger partial charge in [0.2, 0.25) is 0 Å². The quantitative estimate of drug-likeness (QED) is 0.722. The van der Waals surface area contributed by atoms with Crippen LogP contribution in [0.1, 0.15) is 36.8 Å². The summed E-state index contributed by atoms with van der Waals surface area (Å²) in [6.07, 6.45) is 4.02. The molecule has 15 heavy (non-hydrogen) atoms. The van der Waals surface area contributed by atoms with Crippen LogP contribution in [0.15, 0.2) is 12.5 Å². The lowest BCUT2D eigenvalue weighted by Gasteiger charge is -2.18. The molecular formula is C11H13N3O. The van der Waals surface area contributed by atoms with Crippen molar-refractivity contribution >= 4 is 17.3 Å². The molecule has 0 unspecified atom stereocenters. The predicted octanol–water partition coefficient (Wildman–Crippen LogP) is 2.07. The molecule has 0 aliphatic heterocycles. The van der Waals surface area contributed by atoms with Crippen LogP contribution in [-0.4, -0.2) is 21.2 Å². The summed E-state index contributed by atoms with van der Waals surface area (Å²) in [6, 6.07) is 0. The Morgan fingerprint density at radius 1 is 1.33 bits per heavy atom. The second-order valence-corrected chi connectivity index (χ2v) is 4.56. The van der Waals surface area contributed by atoms with Gasteiger partial charge in [0.25, 0.3) is 0 Å². The van der Waals surface area contributed by atoms with Gasteiger partial charge in [-0.3, -0.25) is 4.79 Å². The molecule has 0 bridgehead atoms. The average Bonchev–Trinajstić information content (AvgIpc) is 2.58. The summed E-state index contributed by atoms with van der Waals surface area (Å²) in [6.45, 7) is 6.20. The Labute approximate surface area is 87.7 Å². The van der Waals surface area contributed by atoms with E-state index in [0.29, 0.717) is 5.56 Å². The van der Waals surface area contributed by atoms with Gasteiger partial charge in [-0.1, -0.05) is 20.8 Å². The lowest BCUT2D eigenvalue weighted by molar-refractivity contribution is 0.112. The third kappa shape index (κ3) is 1.52. The van der Waals surface area contributed by atoms with E-state index in [4.69, 9.17) is 0 Å². The van der Waals surface area contributed by atoms with Crippen LogP contribution in [0.2, 0.25) is 0 Å². The first-order valence-corrected chi connectivity index (χ1v) is 4.82. The van der Waals surface area contributed by atoms with E-state index in [1.54, 1.807) is 6.20 Å². The van der Waals surface area contributed by atoms with Crippen LogP contribution in [0.5, 0.6) is 0 Å². The molecule has 2 aromatic rings. The van der Waals surface area contributed by atoms with Gasteiger partial charge in [0.1, 0.15) is 12.0 Å². The summed E-state index contributed by atoms with van der Waals surface area (Å²) in [4.78, 5) is 22.2. The van der Waals surface area contributed by atoms with E-state index in [9.17, 15) is 4.79 Å². The molecular weight excluding hydrogens is 190 g/mol. The first-order chi connectivity index (χ1) is 7.04. The van der Waals surface area contributed by atoms with Crippen molar-refractivity contribution in [2.45, 2.75) is 26.2 Å². The van der Waals surface area contributed by atoms with Crippen molar-refractivity contribution in [2.75, 3.05) is 0 Å². The first kappa shape index (κ1) is 9.83. The number of carbonyl (C=O) groups excluding carboxylic acids is 1. The number of nitrogens with one attached hydrogen (secondary N) is 1. The molecule has 1 N–H and O–H groups in total. The normalized spacial score (nSPS) is 11.9. The van der Waals surface area contributed by atoms with E-state index in [2.05, 4.69) is 35.7 Å². The summed E-state index contributed by atoms with van der Waals surface area (Å²) in [5.74, 6) is 0. The van der Waals surface area contributed by atoms with E-state index < -0.39 is 0 Å². The van der Waals surface area contributed by atoms with Gasteiger partial charge >= 0.3 is 0 Å². The molecule has 0 atom stereocenters. The van der Waals surface area contributed by atoms with Crippen LogP contribution in [0.3, 0.4) is 0 Å². The summed E-state index contributed by atoms with van der Waals surface area (Å²) in [7, 11) is 0. The topological polar surface area (TPSA) is 58.6 Å². The number of aldehydes is 1. The number of H-pyrrole nitrogens is 1. The largest absolute Gasteiger partial charge is 0.345 e. The first-order valence-electron chi connectivity index (χ1n) is 4.82. The van der Waals surface area contributed by atoms with Crippen LogP contribution in [0, 0.1) is 0 Å². The number of nitrogens with zero attached hydrogens (tertiary/aromatic N) is 2. The fourth-order valence-electron chi connectivity index (χ4n) is 1.65. The van der Waals surface area contributed by atoms with E-state index >= 15 is 0 Å². The molecule has 0 fully saturated rings. The van der Waals surface area contributed by atoms with Gasteiger partial charge in [-0.05, 0) is 0 Å². The van der Waals surface area contributed by atoms with E-state index in [0.717, 1.165) is 23.0 Å². The molecule has 78 valence electrons. The van der Waals surface area contributed by atoms with Crippen molar-refractivity contribution in [3.05, 3.63) is 23.8 Å². The molecule has 4 nitrogen and oxygen atoms in total. The Hall–Kier alpha value is -1.71. The summed E-state index contributed by atoms with van der Waals surface area (Å²) >= 11 is 0. The number of carbonyl (C=O) groups is 1. The monoisotopic (exact) mass is 203 g/mol. The highest BCUT2D eigenvalue weighted by atomic mass is 16.1.